The molecule has 0 unspecified atom stereocenters. The number of nitrogens with zero attached hydrogens (tertiary/aromatic N) is 1. The molecule has 0 saturated carbocycles. The Balaban J connectivity index is 2.20. The molecule has 5 nitrogen and oxygen atoms in total. The van der Waals surface area contributed by atoms with E-state index in [1.807, 2.05) is 6.92 Å². The van der Waals surface area contributed by atoms with Crippen LogP contribution in [0.2, 0.25) is 0 Å². The predicted molar refractivity (Wildman–Crippen MR) is 66.2 cm³/mol. The zero-order valence-corrected chi connectivity index (χ0v) is 10.9. The number of aliphatic hydroxyl groups is 1. The lowest BCUT2D eigenvalue weighted by molar-refractivity contribution is -0.152. The third-order valence-corrected chi connectivity index (χ3v) is 5.31. The molecule has 1 amide bonds. The second kappa shape index (κ2) is 4.91. The maximum Gasteiger partial charge on any atom is 0.354 e. The quantitative estimate of drug-likeness (QED) is 0.726. The molecule has 0 bridgehead atoms. The number of aliphatic carboxylic acids is 1. The molecule has 2 N–H and O–H groups in total. The molecule has 0 aromatic heterocycles. The zero-order valence-electron chi connectivity index (χ0n) is 9.25. The summed E-state index contributed by atoms with van der Waals surface area (Å²) in [7, 11) is 0. The minimum absolute atomic E-state index is 0.0417. The fraction of sp³-hybridized carbons (Fsp3) is 0.600. The highest BCUT2D eigenvalue weighted by molar-refractivity contribution is 8.22. The Morgan fingerprint density at radius 3 is 2.82 bits per heavy atom. The van der Waals surface area contributed by atoms with Crippen LogP contribution in [-0.2, 0) is 9.59 Å². The number of hydrogen-bond donors (Lipinski definition) is 2. The van der Waals surface area contributed by atoms with Crippen LogP contribution in [-0.4, -0.2) is 44.7 Å². The second-order valence-electron chi connectivity index (χ2n) is 3.71. The van der Waals surface area contributed by atoms with Gasteiger partial charge in [0.15, 0.2) is 5.70 Å². The molecule has 1 fully saturated rings. The summed E-state index contributed by atoms with van der Waals surface area (Å²) in [5.41, 5.74) is 0.117. The van der Waals surface area contributed by atoms with Crippen molar-refractivity contribution in [1.29, 1.82) is 0 Å². The first-order chi connectivity index (χ1) is 8.11. The molecule has 0 aromatic carbocycles. The van der Waals surface area contributed by atoms with Crippen molar-refractivity contribution in [1.82, 2.24) is 4.90 Å². The van der Waals surface area contributed by atoms with E-state index in [1.54, 1.807) is 0 Å². The highest BCUT2D eigenvalue weighted by Gasteiger charge is 2.55. The van der Waals surface area contributed by atoms with Crippen molar-refractivity contribution in [2.24, 2.45) is 5.92 Å². The van der Waals surface area contributed by atoms with Crippen molar-refractivity contribution in [2.45, 2.75) is 18.7 Å². The number of carbonyl (C=O) groups excluding carboxylic acids is 1. The SMILES string of the molecule is CCSC1=C(C(=O)O)N2C(=O)[C@H](CCO)[C@H]2S1. The molecule has 7 heteroatoms. The molecular weight excluding hydrogens is 262 g/mol. The van der Waals surface area contributed by atoms with Crippen LogP contribution in [0.25, 0.3) is 0 Å². The Kier molecular flexibility index (Phi) is 3.70. The average molecular weight is 275 g/mol. The van der Waals surface area contributed by atoms with Crippen LogP contribution in [0.1, 0.15) is 13.3 Å². The monoisotopic (exact) mass is 275 g/mol. The molecule has 2 aliphatic rings. The number of carboxylic acids is 1. The number of aliphatic hydroxyl groups excluding tert-OH is 1. The zero-order chi connectivity index (χ0) is 12.6. The fourth-order valence-electron chi connectivity index (χ4n) is 1.99. The van der Waals surface area contributed by atoms with Crippen molar-refractivity contribution in [3.05, 3.63) is 9.93 Å². The van der Waals surface area contributed by atoms with Gasteiger partial charge in [-0.3, -0.25) is 9.69 Å². The Bertz CT molecular complexity index is 396. The van der Waals surface area contributed by atoms with E-state index in [4.69, 9.17) is 10.2 Å². The van der Waals surface area contributed by atoms with E-state index in [0.29, 0.717) is 10.7 Å². The van der Waals surface area contributed by atoms with E-state index in [1.165, 1.54) is 28.4 Å². The van der Waals surface area contributed by atoms with Crippen molar-refractivity contribution < 1.29 is 19.8 Å². The van der Waals surface area contributed by atoms with Crippen LogP contribution in [0.5, 0.6) is 0 Å². The Morgan fingerprint density at radius 2 is 2.29 bits per heavy atom. The number of rotatable bonds is 5. The van der Waals surface area contributed by atoms with Gasteiger partial charge in [-0.2, -0.15) is 0 Å². The van der Waals surface area contributed by atoms with Gasteiger partial charge in [-0.1, -0.05) is 18.7 Å². The molecule has 2 heterocycles. The molecule has 2 rings (SSSR count). The third kappa shape index (κ3) is 1.96. The Hall–Kier alpha value is -0.660. The highest BCUT2D eigenvalue weighted by Crippen LogP contribution is 2.53. The fourth-order valence-corrected chi connectivity index (χ4v) is 4.74. The van der Waals surface area contributed by atoms with Crippen molar-refractivity contribution in [2.75, 3.05) is 12.4 Å². The number of carbonyl (C=O) groups is 2. The van der Waals surface area contributed by atoms with Crippen molar-refractivity contribution >= 4 is 35.4 Å². The first-order valence-corrected chi connectivity index (χ1v) is 7.19. The predicted octanol–water partition coefficient (Wildman–Crippen LogP) is 0.907. The molecule has 0 aliphatic carbocycles. The van der Waals surface area contributed by atoms with Gasteiger partial charge in [0.2, 0.25) is 5.91 Å². The van der Waals surface area contributed by atoms with Gasteiger partial charge in [0.25, 0.3) is 0 Å². The minimum atomic E-state index is -1.05. The standard InChI is InChI=1S/C10H13NO4S2/c1-2-16-10-6(9(14)15)11-7(13)5(3-4-12)8(11)17-10/h5,8,12H,2-4H2,1H3,(H,14,15)/t5-,8+/m0/s1. The highest BCUT2D eigenvalue weighted by atomic mass is 32.2. The largest absolute Gasteiger partial charge is 0.477 e. The summed E-state index contributed by atoms with van der Waals surface area (Å²) in [4.78, 5) is 24.3. The minimum Gasteiger partial charge on any atom is -0.477 e. The van der Waals surface area contributed by atoms with Crippen molar-refractivity contribution in [3.8, 4) is 0 Å². The molecule has 1 saturated heterocycles. The van der Waals surface area contributed by atoms with Crippen LogP contribution in [0.3, 0.4) is 0 Å². The number of fused-ring (bicyclic) bond motifs is 1. The van der Waals surface area contributed by atoms with Gasteiger partial charge < -0.3 is 10.2 Å². The molecular formula is C10H13NO4S2. The summed E-state index contributed by atoms with van der Waals surface area (Å²) < 4.78 is 0.707. The lowest BCUT2D eigenvalue weighted by atomic mass is 9.94. The van der Waals surface area contributed by atoms with E-state index < -0.39 is 5.97 Å². The summed E-state index contributed by atoms with van der Waals surface area (Å²) in [6.07, 6.45) is 0.407. The molecule has 0 spiro atoms. The van der Waals surface area contributed by atoms with Gasteiger partial charge in [-0.05, 0) is 12.2 Å². The Labute approximate surface area is 107 Å². The molecule has 0 aromatic rings. The maximum absolute atomic E-state index is 11.8. The van der Waals surface area contributed by atoms with Crippen LogP contribution >= 0.6 is 23.5 Å². The summed E-state index contributed by atoms with van der Waals surface area (Å²) in [5.74, 6) is -0.694. The van der Waals surface area contributed by atoms with Gasteiger partial charge in [-0.25, -0.2) is 4.79 Å². The summed E-state index contributed by atoms with van der Waals surface area (Å²) in [6, 6.07) is 0. The summed E-state index contributed by atoms with van der Waals surface area (Å²) in [6.45, 7) is 1.90. The molecule has 0 radical (unpaired) electrons. The molecule has 94 valence electrons. The van der Waals surface area contributed by atoms with Gasteiger partial charge in [0.1, 0.15) is 0 Å². The lowest BCUT2D eigenvalue weighted by Gasteiger charge is -2.41. The third-order valence-electron chi connectivity index (χ3n) is 2.73. The van der Waals surface area contributed by atoms with Crippen LogP contribution in [0.15, 0.2) is 9.93 Å². The first-order valence-electron chi connectivity index (χ1n) is 5.32. The van der Waals surface area contributed by atoms with E-state index >= 15 is 0 Å². The molecule has 17 heavy (non-hydrogen) atoms. The topological polar surface area (TPSA) is 77.8 Å². The number of carboxylic acid groups (broad SMARTS) is 1. The second-order valence-corrected chi connectivity index (χ2v) is 6.37. The Morgan fingerprint density at radius 1 is 1.59 bits per heavy atom. The van der Waals surface area contributed by atoms with Gasteiger partial charge in [-0.15, -0.1) is 11.8 Å². The smallest absolute Gasteiger partial charge is 0.354 e. The summed E-state index contributed by atoms with van der Waals surface area (Å²) >= 11 is 2.88. The van der Waals surface area contributed by atoms with Gasteiger partial charge in [0, 0.05) is 6.61 Å². The number of β-lactam (4-membered cyclic amide) rings is 1. The van der Waals surface area contributed by atoms with E-state index in [-0.39, 0.29) is 29.5 Å². The molecule has 2 atom stereocenters. The van der Waals surface area contributed by atoms with Crippen LogP contribution in [0.4, 0.5) is 0 Å². The van der Waals surface area contributed by atoms with Crippen LogP contribution < -0.4 is 0 Å². The van der Waals surface area contributed by atoms with Gasteiger partial charge in [0.05, 0.1) is 15.5 Å². The average Bonchev–Trinajstić information content (AvgIpc) is 2.62. The van der Waals surface area contributed by atoms with Crippen molar-refractivity contribution in [3.63, 3.8) is 0 Å². The number of hydrogen-bond acceptors (Lipinski definition) is 5. The van der Waals surface area contributed by atoms with E-state index in [2.05, 4.69) is 0 Å². The first kappa shape index (κ1) is 12.8. The molecule has 2 aliphatic heterocycles. The number of thioether (sulfide) groups is 2. The normalized spacial score (nSPS) is 27.2. The number of amides is 1. The maximum atomic E-state index is 11.8. The van der Waals surface area contributed by atoms with Crippen LogP contribution in [0, 0.1) is 5.92 Å². The van der Waals surface area contributed by atoms with E-state index in [0.717, 1.165) is 5.75 Å². The van der Waals surface area contributed by atoms with E-state index in [9.17, 15) is 9.59 Å². The van der Waals surface area contributed by atoms with Gasteiger partial charge >= 0.3 is 5.97 Å². The summed E-state index contributed by atoms with van der Waals surface area (Å²) in [5, 5.41) is 17.9. The lowest BCUT2D eigenvalue weighted by Crippen LogP contribution is -2.57.